The van der Waals surface area contributed by atoms with E-state index in [0.717, 1.165) is 5.56 Å². The summed E-state index contributed by atoms with van der Waals surface area (Å²) in [5, 5.41) is 0. The molecule has 2 aromatic rings. The predicted octanol–water partition coefficient (Wildman–Crippen LogP) is 3.27. The van der Waals surface area contributed by atoms with Gasteiger partial charge in [-0.25, -0.2) is 0 Å². The van der Waals surface area contributed by atoms with Crippen molar-refractivity contribution in [3.05, 3.63) is 66.1 Å². The molecule has 0 fully saturated rings. The molecule has 5 nitrogen and oxygen atoms in total. The number of furan rings is 1. The van der Waals surface area contributed by atoms with Gasteiger partial charge in [-0.15, -0.1) is 0 Å². The number of esters is 1. The average molecular weight is 327 g/mol. The maximum atomic E-state index is 12.5. The van der Waals surface area contributed by atoms with Crippen LogP contribution in [-0.2, 0) is 20.9 Å². The number of hydrogen-bond acceptors (Lipinski definition) is 4. The lowest BCUT2D eigenvalue weighted by molar-refractivity contribution is -0.143. The van der Waals surface area contributed by atoms with Crippen LogP contribution in [-0.4, -0.2) is 29.9 Å². The lowest BCUT2D eigenvalue weighted by Gasteiger charge is -2.19. The summed E-state index contributed by atoms with van der Waals surface area (Å²) in [4.78, 5) is 25.6. The Kier molecular flexibility index (Phi) is 6.83. The van der Waals surface area contributed by atoms with Gasteiger partial charge >= 0.3 is 5.97 Å². The number of nitrogens with zero attached hydrogens (tertiary/aromatic N) is 1. The van der Waals surface area contributed by atoms with Crippen LogP contribution >= 0.6 is 0 Å². The molecule has 0 aliphatic carbocycles. The second-order valence-electron chi connectivity index (χ2n) is 5.14. The van der Waals surface area contributed by atoms with E-state index in [9.17, 15) is 9.59 Å². The Morgan fingerprint density at radius 3 is 2.62 bits per heavy atom. The first-order chi connectivity index (χ1) is 11.7. The number of rotatable bonds is 8. The first-order valence-corrected chi connectivity index (χ1v) is 7.89. The van der Waals surface area contributed by atoms with Gasteiger partial charge in [0.1, 0.15) is 5.76 Å². The van der Waals surface area contributed by atoms with Crippen molar-refractivity contribution < 1.29 is 18.7 Å². The summed E-state index contributed by atoms with van der Waals surface area (Å²) < 4.78 is 10.2. The zero-order valence-corrected chi connectivity index (χ0v) is 13.7. The molecule has 0 N–H and O–H groups in total. The second kappa shape index (κ2) is 9.35. The quantitative estimate of drug-likeness (QED) is 0.551. The molecule has 0 aliphatic rings. The SMILES string of the molecule is CCOC(=O)CCN(Cc1ccco1)C(=O)/C=C/c1ccccc1. The van der Waals surface area contributed by atoms with Crippen LogP contribution in [0.2, 0.25) is 0 Å². The zero-order chi connectivity index (χ0) is 17.2. The molecule has 1 amide bonds. The number of benzene rings is 1. The smallest absolute Gasteiger partial charge is 0.307 e. The zero-order valence-electron chi connectivity index (χ0n) is 13.7. The van der Waals surface area contributed by atoms with Gasteiger partial charge in [0.15, 0.2) is 0 Å². The third-order valence-corrected chi connectivity index (χ3v) is 3.35. The second-order valence-corrected chi connectivity index (χ2v) is 5.14. The molecule has 1 aromatic carbocycles. The summed E-state index contributed by atoms with van der Waals surface area (Å²) in [6.45, 7) is 2.67. The van der Waals surface area contributed by atoms with Crippen molar-refractivity contribution in [2.75, 3.05) is 13.2 Å². The van der Waals surface area contributed by atoms with Gasteiger partial charge in [-0.05, 0) is 30.7 Å². The van der Waals surface area contributed by atoms with Crippen LogP contribution in [0.15, 0.2) is 59.2 Å². The van der Waals surface area contributed by atoms with Crippen LogP contribution in [0, 0.1) is 0 Å². The Hall–Kier alpha value is -2.82. The highest BCUT2D eigenvalue weighted by Crippen LogP contribution is 2.09. The number of carbonyl (C=O) groups excluding carboxylic acids is 2. The van der Waals surface area contributed by atoms with Crippen molar-refractivity contribution in [3.63, 3.8) is 0 Å². The van der Waals surface area contributed by atoms with E-state index in [1.807, 2.05) is 30.3 Å². The van der Waals surface area contributed by atoms with E-state index in [-0.39, 0.29) is 24.8 Å². The maximum Gasteiger partial charge on any atom is 0.307 e. The molecule has 0 saturated carbocycles. The van der Waals surface area contributed by atoms with Crippen LogP contribution in [0.5, 0.6) is 0 Å². The number of hydrogen-bond donors (Lipinski definition) is 0. The Morgan fingerprint density at radius 2 is 1.96 bits per heavy atom. The standard InChI is InChI=1S/C19H21NO4/c1-2-23-19(22)12-13-20(15-17-9-6-14-24-17)18(21)11-10-16-7-4-3-5-8-16/h3-11,14H,2,12-13,15H2,1H3/b11-10+. The van der Waals surface area contributed by atoms with Crippen LogP contribution in [0.25, 0.3) is 6.08 Å². The molecule has 1 aromatic heterocycles. The van der Waals surface area contributed by atoms with E-state index in [2.05, 4.69) is 0 Å². The third kappa shape index (κ3) is 5.76. The van der Waals surface area contributed by atoms with Gasteiger partial charge in [0.2, 0.25) is 5.91 Å². The van der Waals surface area contributed by atoms with Crippen molar-refractivity contribution in [2.24, 2.45) is 0 Å². The van der Waals surface area contributed by atoms with Crippen molar-refractivity contribution in [2.45, 2.75) is 19.9 Å². The summed E-state index contributed by atoms with van der Waals surface area (Å²) in [5.74, 6) is 0.168. The molecule has 0 aliphatic heterocycles. The van der Waals surface area contributed by atoms with E-state index < -0.39 is 0 Å². The van der Waals surface area contributed by atoms with E-state index in [4.69, 9.17) is 9.15 Å². The molecule has 2 rings (SSSR count). The fourth-order valence-corrected chi connectivity index (χ4v) is 2.15. The van der Waals surface area contributed by atoms with Gasteiger partial charge in [-0.1, -0.05) is 30.3 Å². The van der Waals surface area contributed by atoms with Gasteiger partial charge in [0, 0.05) is 12.6 Å². The highest BCUT2D eigenvalue weighted by molar-refractivity contribution is 5.92. The van der Waals surface area contributed by atoms with Crippen molar-refractivity contribution >= 4 is 18.0 Å². The molecule has 1 heterocycles. The largest absolute Gasteiger partial charge is 0.467 e. The van der Waals surface area contributed by atoms with Crippen molar-refractivity contribution in [3.8, 4) is 0 Å². The first-order valence-electron chi connectivity index (χ1n) is 7.89. The predicted molar refractivity (Wildman–Crippen MR) is 90.9 cm³/mol. The molecule has 0 unspecified atom stereocenters. The van der Waals surface area contributed by atoms with E-state index in [0.29, 0.717) is 18.9 Å². The Morgan fingerprint density at radius 1 is 1.17 bits per heavy atom. The minimum Gasteiger partial charge on any atom is -0.467 e. The molecule has 0 atom stereocenters. The van der Waals surface area contributed by atoms with Gasteiger partial charge in [-0.2, -0.15) is 0 Å². The van der Waals surface area contributed by atoms with Gasteiger partial charge < -0.3 is 14.1 Å². The van der Waals surface area contributed by atoms with E-state index >= 15 is 0 Å². The molecular weight excluding hydrogens is 306 g/mol. The number of amides is 1. The molecular formula is C19H21NO4. The Balaban J connectivity index is 2.01. The summed E-state index contributed by atoms with van der Waals surface area (Å²) in [6, 6.07) is 13.1. The maximum absolute atomic E-state index is 12.5. The minimum absolute atomic E-state index is 0.152. The van der Waals surface area contributed by atoms with E-state index in [1.54, 1.807) is 36.3 Å². The lowest BCUT2D eigenvalue weighted by Crippen LogP contribution is -2.31. The molecule has 0 spiro atoms. The highest BCUT2D eigenvalue weighted by atomic mass is 16.5. The summed E-state index contributed by atoms with van der Waals surface area (Å²) >= 11 is 0. The molecule has 0 bridgehead atoms. The molecule has 0 radical (unpaired) electrons. The summed E-state index contributed by atoms with van der Waals surface area (Å²) in [6.07, 6.45) is 4.97. The van der Waals surface area contributed by atoms with Crippen LogP contribution in [0.1, 0.15) is 24.7 Å². The topological polar surface area (TPSA) is 59.8 Å². The van der Waals surface area contributed by atoms with Crippen LogP contribution < -0.4 is 0 Å². The van der Waals surface area contributed by atoms with Crippen molar-refractivity contribution in [1.82, 2.24) is 4.90 Å². The number of carbonyl (C=O) groups is 2. The highest BCUT2D eigenvalue weighted by Gasteiger charge is 2.15. The summed E-state index contributed by atoms with van der Waals surface area (Å²) in [5.41, 5.74) is 0.939. The normalized spacial score (nSPS) is 10.7. The van der Waals surface area contributed by atoms with Crippen LogP contribution in [0.4, 0.5) is 0 Å². The minimum atomic E-state index is -0.318. The van der Waals surface area contributed by atoms with E-state index in [1.165, 1.54) is 6.08 Å². The third-order valence-electron chi connectivity index (χ3n) is 3.35. The summed E-state index contributed by atoms with van der Waals surface area (Å²) in [7, 11) is 0. The number of ether oxygens (including phenoxy) is 1. The Bertz CT molecular complexity index is 662. The van der Waals surface area contributed by atoms with Gasteiger partial charge in [0.25, 0.3) is 0 Å². The molecule has 126 valence electrons. The monoisotopic (exact) mass is 327 g/mol. The average Bonchev–Trinajstić information content (AvgIpc) is 3.11. The van der Waals surface area contributed by atoms with Crippen LogP contribution in [0.3, 0.4) is 0 Å². The molecule has 5 heteroatoms. The fraction of sp³-hybridized carbons (Fsp3) is 0.263. The molecule has 24 heavy (non-hydrogen) atoms. The molecule has 0 saturated heterocycles. The first kappa shape index (κ1) is 17.5. The van der Waals surface area contributed by atoms with Gasteiger partial charge in [0.05, 0.1) is 25.8 Å². The lowest BCUT2D eigenvalue weighted by atomic mass is 10.2. The fourth-order valence-electron chi connectivity index (χ4n) is 2.15. The van der Waals surface area contributed by atoms with Crippen molar-refractivity contribution in [1.29, 1.82) is 0 Å². The Labute approximate surface area is 141 Å². The van der Waals surface area contributed by atoms with Gasteiger partial charge in [-0.3, -0.25) is 9.59 Å².